The lowest BCUT2D eigenvalue weighted by Crippen LogP contribution is -2.00. The largest absolute Gasteiger partial charge is 0.497 e. The van der Waals surface area contributed by atoms with Gasteiger partial charge in [-0.05, 0) is 44.4 Å². The van der Waals surface area contributed by atoms with E-state index in [0.29, 0.717) is 0 Å². The minimum absolute atomic E-state index is 0.00496. The number of ether oxygens (including phenoxy) is 1. The molecule has 0 saturated carbocycles. The van der Waals surface area contributed by atoms with Crippen LogP contribution >= 0.6 is 15.9 Å². The lowest BCUT2D eigenvalue weighted by atomic mass is 9.99. The highest BCUT2D eigenvalue weighted by Gasteiger charge is 2.12. The zero-order chi connectivity index (χ0) is 12.4. The summed E-state index contributed by atoms with van der Waals surface area (Å²) in [5.41, 5.74) is 1.02. The minimum atomic E-state index is -0.124. The van der Waals surface area contributed by atoms with Crippen molar-refractivity contribution in [2.45, 2.75) is 12.8 Å². The molecule has 0 N–H and O–H groups in total. The first-order valence-corrected chi connectivity index (χ1v) is 6.18. The van der Waals surface area contributed by atoms with Gasteiger partial charge in [0.15, 0.2) is 0 Å². The quantitative estimate of drug-likeness (QED) is 0.803. The van der Waals surface area contributed by atoms with Gasteiger partial charge in [-0.3, -0.25) is 4.79 Å². The molecule has 0 heterocycles. The van der Waals surface area contributed by atoms with E-state index in [0.717, 1.165) is 22.1 Å². The maximum Gasteiger partial charge on any atom is 0.204 e. The Hall–Kier alpha value is -1.35. The normalized spacial score (nSPS) is 12.4. The van der Waals surface area contributed by atoms with Crippen LogP contribution in [0.4, 0.5) is 0 Å². The van der Waals surface area contributed by atoms with Crippen LogP contribution < -0.4 is 4.74 Å². The van der Waals surface area contributed by atoms with Gasteiger partial charge >= 0.3 is 0 Å². The third-order valence-corrected chi connectivity index (χ3v) is 3.60. The van der Waals surface area contributed by atoms with Crippen molar-refractivity contribution in [3.8, 4) is 5.75 Å². The monoisotopic (exact) mass is 292 g/mol. The minimum Gasteiger partial charge on any atom is -0.497 e. The first kappa shape index (κ1) is 12.1. The Balaban J connectivity index is 2.48. The molecule has 2 nitrogen and oxygen atoms in total. The zero-order valence-electron chi connectivity index (χ0n) is 9.74. The van der Waals surface area contributed by atoms with Gasteiger partial charge in [0.05, 0.1) is 13.0 Å². The van der Waals surface area contributed by atoms with Crippen LogP contribution in [0.25, 0.3) is 10.8 Å². The molecule has 0 amide bonds. The first-order valence-electron chi connectivity index (χ1n) is 5.39. The number of hydrogen-bond donors (Lipinski definition) is 0. The van der Waals surface area contributed by atoms with Gasteiger partial charge in [0.25, 0.3) is 0 Å². The summed E-state index contributed by atoms with van der Waals surface area (Å²) in [7, 11) is 1.65. The molecule has 0 bridgehead atoms. The Morgan fingerprint density at radius 1 is 1.18 bits per heavy atom. The molecule has 2 aromatic rings. The van der Waals surface area contributed by atoms with Crippen LogP contribution in [0.1, 0.15) is 18.4 Å². The molecular formula is C14H13BrO2. The number of fused-ring (bicyclic) bond motifs is 1. The average Bonchev–Trinajstić information content (AvgIpc) is 2.36. The molecule has 0 saturated heterocycles. The van der Waals surface area contributed by atoms with E-state index in [-0.39, 0.29) is 10.6 Å². The van der Waals surface area contributed by atoms with Gasteiger partial charge in [0.1, 0.15) is 5.75 Å². The van der Waals surface area contributed by atoms with Gasteiger partial charge < -0.3 is 4.74 Å². The molecule has 0 fully saturated rings. The molecule has 1 atom stereocenters. The molecule has 0 radical (unpaired) electrons. The van der Waals surface area contributed by atoms with E-state index in [1.54, 1.807) is 7.11 Å². The highest BCUT2D eigenvalue weighted by Crippen LogP contribution is 2.26. The maximum atomic E-state index is 11.3. The average molecular weight is 293 g/mol. The van der Waals surface area contributed by atoms with Crippen LogP contribution in [0, 0.1) is 0 Å². The Kier molecular flexibility index (Phi) is 3.48. The molecular weight excluding hydrogens is 280 g/mol. The number of methoxy groups -OCH3 is 1. The SMILES string of the molecule is COc1ccc2cc(C(C)C(=O)Br)ccc2c1. The van der Waals surface area contributed by atoms with Crippen molar-refractivity contribution in [2.75, 3.05) is 7.11 Å². The molecule has 0 aliphatic carbocycles. The molecule has 0 aromatic heterocycles. The van der Waals surface area contributed by atoms with Crippen molar-refractivity contribution in [2.24, 2.45) is 0 Å². The van der Waals surface area contributed by atoms with Gasteiger partial charge in [-0.2, -0.15) is 0 Å². The summed E-state index contributed by atoms with van der Waals surface area (Å²) >= 11 is 3.00. The van der Waals surface area contributed by atoms with E-state index in [2.05, 4.69) is 15.9 Å². The third-order valence-electron chi connectivity index (χ3n) is 2.91. The second-order valence-electron chi connectivity index (χ2n) is 4.00. The van der Waals surface area contributed by atoms with Crippen molar-refractivity contribution >= 4 is 31.4 Å². The molecule has 2 rings (SSSR count). The maximum absolute atomic E-state index is 11.3. The Bertz CT molecular complexity index is 563. The molecule has 88 valence electrons. The smallest absolute Gasteiger partial charge is 0.204 e. The number of rotatable bonds is 3. The molecule has 0 spiro atoms. The lowest BCUT2D eigenvalue weighted by molar-refractivity contribution is -0.111. The molecule has 2 aromatic carbocycles. The van der Waals surface area contributed by atoms with Crippen molar-refractivity contribution in [3.05, 3.63) is 42.0 Å². The summed E-state index contributed by atoms with van der Waals surface area (Å²) in [6.07, 6.45) is 0. The molecule has 3 heteroatoms. The summed E-state index contributed by atoms with van der Waals surface area (Å²) in [5.74, 6) is 0.719. The summed E-state index contributed by atoms with van der Waals surface area (Å²) in [6, 6.07) is 11.9. The van der Waals surface area contributed by atoms with Crippen LogP contribution in [0.5, 0.6) is 5.75 Å². The first-order chi connectivity index (χ1) is 8.11. The van der Waals surface area contributed by atoms with Gasteiger partial charge in [-0.1, -0.05) is 31.2 Å². The summed E-state index contributed by atoms with van der Waals surface area (Å²) in [5, 5.41) is 2.23. The van der Waals surface area contributed by atoms with Crippen LogP contribution in [0.15, 0.2) is 36.4 Å². The van der Waals surface area contributed by atoms with E-state index in [1.165, 1.54) is 0 Å². The fraction of sp³-hybridized carbons (Fsp3) is 0.214. The van der Waals surface area contributed by atoms with Crippen molar-refractivity contribution in [3.63, 3.8) is 0 Å². The fourth-order valence-electron chi connectivity index (χ4n) is 1.77. The standard InChI is InChI=1S/C14H13BrO2/c1-9(14(15)16)10-3-4-12-8-13(17-2)6-5-11(12)7-10/h3-9H,1-2H3. The van der Waals surface area contributed by atoms with E-state index in [9.17, 15) is 4.79 Å². The highest BCUT2D eigenvalue weighted by molar-refractivity contribution is 9.18. The fourth-order valence-corrected chi connectivity index (χ4v) is 2.03. The Morgan fingerprint density at radius 2 is 1.82 bits per heavy atom. The second-order valence-corrected chi connectivity index (χ2v) is 4.78. The summed E-state index contributed by atoms with van der Waals surface area (Å²) in [4.78, 5) is 11.3. The second kappa shape index (κ2) is 4.88. The molecule has 0 aliphatic heterocycles. The van der Waals surface area contributed by atoms with Gasteiger partial charge in [0.2, 0.25) is 4.69 Å². The summed E-state index contributed by atoms with van der Waals surface area (Å²) < 4.78 is 5.18. The van der Waals surface area contributed by atoms with E-state index < -0.39 is 0 Å². The lowest BCUT2D eigenvalue weighted by Gasteiger charge is -2.09. The molecule has 0 aliphatic rings. The predicted octanol–water partition coefficient (Wildman–Crippen LogP) is 3.87. The number of hydrogen-bond acceptors (Lipinski definition) is 2. The van der Waals surface area contributed by atoms with Gasteiger partial charge in [-0.25, -0.2) is 0 Å². The van der Waals surface area contributed by atoms with Crippen LogP contribution in [0.2, 0.25) is 0 Å². The Labute approximate surface area is 109 Å². The third kappa shape index (κ3) is 2.50. The number of benzene rings is 2. The molecule has 17 heavy (non-hydrogen) atoms. The van der Waals surface area contributed by atoms with Crippen molar-refractivity contribution < 1.29 is 9.53 Å². The zero-order valence-corrected chi connectivity index (χ0v) is 11.3. The Morgan fingerprint density at radius 3 is 2.47 bits per heavy atom. The van der Waals surface area contributed by atoms with Crippen LogP contribution in [-0.4, -0.2) is 11.8 Å². The van der Waals surface area contributed by atoms with E-state index >= 15 is 0 Å². The number of carbonyl (C=O) groups excluding carboxylic acids is 1. The van der Waals surface area contributed by atoms with Crippen LogP contribution in [-0.2, 0) is 4.79 Å². The van der Waals surface area contributed by atoms with E-state index in [4.69, 9.17) is 4.74 Å². The van der Waals surface area contributed by atoms with Gasteiger partial charge in [0, 0.05) is 0 Å². The topological polar surface area (TPSA) is 26.3 Å². The highest BCUT2D eigenvalue weighted by atomic mass is 79.9. The number of carbonyl (C=O) groups is 1. The summed E-state index contributed by atoms with van der Waals surface area (Å²) in [6.45, 7) is 1.89. The van der Waals surface area contributed by atoms with Crippen molar-refractivity contribution in [1.82, 2.24) is 0 Å². The number of halogens is 1. The molecule has 1 unspecified atom stereocenters. The predicted molar refractivity (Wildman–Crippen MR) is 72.8 cm³/mol. The van der Waals surface area contributed by atoms with Crippen molar-refractivity contribution in [1.29, 1.82) is 0 Å². The van der Waals surface area contributed by atoms with Crippen LogP contribution in [0.3, 0.4) is 0 Å². The van der Waals surface area contributed by atoms with E-state index in [1.807, 2.05) is 43.3 Å². The van der Waals surface area contributed by atoms with Gasteiger partial charge in [-0.15, -0.1) is 0 Å².